The minimum Gasteiger partial charge on any atom is -0.497 e. The van der Waals surface area contributed by atoms with Gasteiger partial charge in [-0.3, -0.25) is 14.3 Å². The van der Waals surface area contributed by atoms with Crippen LogP contribution in [0.15, 0.2) is 131 Å². The number of hydrogen-bond acceptors (Lipinski definition) is 9. The van der Waals surface area contributed by atoms with Crippen LogP contribution in [0.3, 0.4) is 0 Å². The third-order valence-corrected chi connectivity index (χ3v) is 8.82. The van der Waals surface area contributed by atoms with Gasteiger partial charge in [0.25, 0.3) is 5.56 Å². The smallest absolute Gasteiger partial charge is 0.470 e. The van der Waals surface area contributed by atoms with E-state index in [-0.39, 0.29) is 11.1 Å². The van der Waals surface area contributed by atoms with Gasteiger partial charge in [0.05, 0.1) is 24.8 Å². The number of H-pyrrole nitrogens is 2. The molecule has 4 atom stereocenters. The molecular formula is C36H33N2O11P. The van der Waals surface area contributed by atoms with Crippen molar-refractivity contribution in [3.63, 3.8) is 0 Å². The van der Waals surface area contributed by atoms with Crippen molar-refractivity contribution in [1.29, 1.82) is 0 Å². The largest absolute Gasteiger partial charge is 0.497 e. The second-order valence-corrected chi connectivity index (χ2v) is 12.6. The first-order chi connectivity index (χ1) is 24.1. The molecule has 258 valence electrons. The van der Waals surface area contributed by atoms with E-state index in [9.17, 15) is 28.7 Å². The number of aromatic nitrogens is 2. The van der Waals surface area contributed by atoms with Crippen molar-refractivity contribution in [2.24, 2.45) is 0 Å². The Bertz CT molecular complexity index is 2030. The van der Waals surface area contributed by atoms with E-state index in [1.165, 1.54) is 12.1 Å². The van der Waals surface area contributed by atoms with Gasteiger partial charge in [-0.1, -0.05) is 91.0 Å². The molecule has 0 saturated carbocycles. The summed E-state index contributed by atoms with van der Waals surface area (Å²) in [4.78, 5) is 62.8. The highest BCUT2D eigenvalue weighted by Crippen LogP contribution is 2.47. The summed E-state index contributed by atoms with van der Waals surface area (Å²) in [5.41, 5.74) is -0.932. The molecule has 4 N–H and O–H groups in total. The normalized spacial score (nSPS) is 19.2. The summed E-state index contributed by atoms with van der Waals surface area (Å²) in [6.45, 7) is -0.391. The van der Waals surface area contributed by atoms with Gasteiger partial charge in [0.1, 0.15) is 29.7 Å². The summed E-state index contributed by atoms with van der Waals surface area (Å²) in [5.74, 6) is -0.262. The maximum atomic E-state index is 13.3. The Balaban J connectivity index is 1.46. The maximum absolute atomic E-state index is 13.3. The predicted molar refractivity (Wildman–Crippen MR) is 180 cm³/mol. The van der Waals surface area contributed by atoms with Crippen molar-refractivity contribution in [2.45, 2.75) is 30.0 Å². The lowest BCUT2D eigenvalue weighted by Gasteiger charge is -2.37. The fraction of sp³-hybridized carbons (Fsp3) is 0.194. The monoisotopic (exact) mass is 700 g/mol. The number of nitrogens with one attached hydrogen (secondary N) is 2. The molecule has 13 nitrogen and oxygen atoms in total. The lowest BCUT2D eigenvalue weighted by Crippen LogP contribution is -2.42. The fourth-order valence-electron chi connectivity index (χ4n) is 6.05. The maximum Gasteiger partial charge on any atom is 0.470 e. The van der Waals surface area contributed by atoms with Gasteiger partial charge < -0.3 is 33.7 Å². The first-order valence-corrected chi connectivity index (χ1v) is 17.0. The van der Waals surface area contributed by atoms with Gasteiger partial charge in [-0.25, -0.2) is 14.2 Å². The summed E-state index contributed by atoms with van der Waals surface area (Å²) >= 11 is 0. The fourth-order valence-corrected chi connectivity index (χ4v) is 6.63. The number of rotatable bonds is 12. The summed E-state index contributed by atoms with van der Waals surface area (Å²) in [6, 6.07) is 33.8. The number of carbonyl (C=O) groups is 1. The predicted octanol–water partition coefficient (Wildman–Crippen LogP) is 4.22. The molecule has 0 aliphatic carbocycles. The molecule has 1 aliphatic heterocycles. The second-order valence-electron chi connectivity index (χ2n) is 11.4. The number of phosphoric acid groups is 1. The quantitative estimate of drug-likeness (QED) is 0.0830. The Morgan fingerprint density at radius 1 is 0.820 bits per heavy atom. The topological polar surface area (TPSA) is 186 Å². The Labute approximate surface area is 285 Å². The van der Waals surface area contributed by atoms with Crippen LogP contribution in [-0.2, 0) is 28.9 Å². The summed E-state index contributed by atoms with van der Waals surface area (Å²) in [7, 11) is -3.72. The molecule has 0 unspecified atom stereocenters. The minimum atomic E-state index is -5.27. The van der Waals surface area contributed by atoms with Gasteiger partial charge in [-0.05, 0) is 41.0 Å². The number of aromatic amines is 2. The van der Waals surface area contributed by atoms with Crippen molar-refractivity contribution >= 4 is 13.8 Å². The van der Waals surface area contributed by atoms with E-state index in [1.54, 1.807) is 37.4 Å². The molecule has 2 heterocycles. The Kier molecular flexibility index (Phi) is 10.3. The zero-order valence-corrected chi connectivity index (χ0v) is 27.5. The number of carbonyl (C=O) groups excluding carboxylic acids is 1. The molecule has 0 spiro atoms. The van der Waals surface area contributed by atoms with Crippen LogP contribution in [0, 0.1) is 0 Å². The molecule has 1 aromatic heterocycles. The van der Waals surface area contributed by atoms with E-state index in [1.807, 2.05) is 72.8 Å². The molecule has 14 heteroatoms. The molecule has 0 bridgehead atoms. The highest BCUT2D eigenvalue weighted by Gasteiger charge is 2.53. The van der Waals surface area contributed by atoms with Crippen LogP contribution in [0.5, 0.6) is 5.75 Å². The highest BCUT2D eigenvalue weighted by atomic mass is 31.2. The average Bonchev–Trinajstić information content (AvgIpc) is 3.44. The van der Waals surface area contributed by atoms with E-state index in [2.05, 4.69) is 9.97 Å². The zero-order valence-electron chi connectivity index (χ0n) is 26.6. The summed E-state index contributed by atoms with van der Waals surface area (Å²) < 4.78 is 42.1. The number of phosphoric ester groups is 1. The number of esters is 1. The van der Waals surface area contributed by atoms with Crippen LogP contribution in [0.4, 0.5) is 0 Å². The average molecular weight is 701 g/mol. The molecule has 1 fully saturated rings. The molecule has 1 aliphatic rings. The molecule has 6 rings (SSSR count). The lowest BCUT2D eigenvalue weighted by atomic mass is 9.80. The van der Waals surface area contributed by atoms with Gasteiger partial charge in [-0.15, -0.1) is 0 Å². The molecule has 50 heavy (non-hydrogen) atoms. The van der Waals surface area contributed by atoms with E-state index in [0.29, 0.717) is 22.4 Å². The Morgan fingerprint density at radius 3 is 1.92 bits per heavy atom. The number of hydrogen-bond donors (Lipinski definition) is 4. The van der Waals surface area contributed by atoms with Crippen molar-refractivity contribution < 1.29 is 42.6 Å². The lowest BCUT2D eigenvalue weighted by molar-refractivity contribution is -0.0819. The van der Waals surface area contributed by atoms with Crippen molar-refractivity contribution in [1.82, 2.24) is 9.97 Å². The Hall–Kier alpha value is -5.14. The number of methoxy groups -OCH3 is 1. The van der Waals surface area contributed by atoms with E-state index >= 15 is 0 Å². The van der Waals surface area contributed by atoms with Crippen LogP contribution >= 0.6 is 7.82 Å². The molecule has 0 radical (unpaired) electrons. The van der Waals surface area contributed by atoms with Crippen LogP contribution < -0.4 is 16.0 Å². The minimum absolute atomic E-state index is 0.128. The standard InChI is InChI=1S/C36H33N2O11P/c1-45-27-19-17-26(18-20-27)36(24-13-7-3-8-14-24,25-15-9-4-10-16-25)46-22-29-31(49-50(42,43)44)32(48-34(40)23-11-5-2-6-12-23)30(47-29)28-21-37-35(41)38-33(28)39/h2-21,29-32H,22H2,1H3,(H2,42,43,44)(H2,37,38,39,41)/t29-,30+,31-,32+/m1/s1. The molecular weight excluding hydrogens is 667 g/mol. The molecule has 5 aromatic rings. The molecule has 4 aromatic carbocycles. The van der Waals surface area contributed by atoms with E-state index < -0.39 is 61.7 Å². The van der Waals surface area contributed by atoms with Gasteiger partial charge in [0.15, 0.2) is 6.10 Å². The number of benzene rings is 4. The van der Waals surface area contributed by atoms with Gasteiger partial charge in [0.2, 0.25) is 0 Å². The third kappa shape index (κ3) is 7.38. The zero-order chi connectivity index (χ0) is 35.3. The van der Waals surface area contributed by atoms with Crippen molar-refractivity contribution in [3.8, 4) is 5.75 Å². The van der Waals surface area contributed by atoms with E-state index in [0.717, 1.165) is 6.20 Å². The first kappa shape index (κ1) is 34.7. The number of ether oxygens (including phenoxy) is 4. The Morgan fingerprint density at radius 2 is 1.38 bits per heavy atom. The second kappa shape index (κ2) is 14.8. The summed E-state index contributed by atoms with van der Waals surface area (Å²) in [5, 5.41) is 0. The van der Waals surface area contributed by atoms with Gasteiger partial charge in [-0.2, -0.15) is 0 Å². The summed E-state index contributed by atoms with van der Waals surface area (Å²) in [6.07, 6.45) is -4.93. The molecule has 1 saturated heterocycles. The first-order valence-electron chi connectivity index (χ1n) is 15.5. The van der Waals surface area contributed by atoms with Gasteiger partial charge in [0, 0.05) is 6.20 Å². The van der Waals surface area contributed by atoms with E-state index in [4.69, 9.17) is 23.5 Å². The SMILES string of the molecule is COc1ccc(C(OC[C@H]2O[C@@H](c3c[nH]c(=O)[nH]c3=O)[C@H](OC(=O)c3ccccc3)[C@@H]2OP(=O)(O)O)(c2ccccc2)c2ccccc2)cc1. The highest BCUT2D eigenvalue weighted by molar-refractivity contribution is 7.46. The van der Waals surface area contributed by atoms with Crippen LogP contribution in [0.1, 0.15) is 38.7 Å². The third-order valence-electron chi connectivity index (χ3n) is 8.30. The van der Waals surface area contributed by atoms with Crippen LogP contribution in [0.25, 0.3) is 0 Å². The van der Waals surface area contributed by atoms with Crippen LogP contribution in [0.2, 0.25) is 0 Å². The van der Waals surface area contributed by atoms with Crippen LogP contribution in [-0.4, -0.2) is 57.8 Å². The van der Waals surface area contributed by atoms with Crippen molar-refractivity contribution in [3.05, 3.63) is 170 Å². The van der Waals surface area contributed by atoms with Crippen molar-refractivity contribution in [2.75, 3.05) is 13.7 Å². The molecule has 0 amide bonds. The van der Waals surface area contributed by atoms with Gasteiger partial charge >= 0.3 is 19.5 Å².